The van der Waals surface area contributed by atoms with Gasteiger partial charge in [0.1, 0.15) is 5.82 Å². The van der Waals surface area contributed by atoms with Crippen molar-refractivity contribution in [2.45, 2.75) is 12.5 Å². The Morgan fingerprint density at radius 3 is 2.67 bits per heavy atom. The van der Waals surface area contributed by atoms with E-state index in [2.05, 4.69) is 37.2 Å². The van der Waals surface area contributed by atoms with Gasteiger partial charge in [0.05, 0.1) is 6.26 Å². The molecule has 1 heterocycles. The van der Waals surface area contributed by atoms with Crippen LogP contribution < -0.4 is 5.32 Å². The zero-order valence-electron chi connectivity index (χ0n) is 9.71. The molecule has 0 fully saturated rings. The van der Waals surface area contributed by atoms with E-state index in [1.807, 2.05) is 19.2 Å². The summed E-state index contributed by atoms with van der Waals surface area (Å²) in [6.07, 6.45) is 2.32. The normalized spacial score (nSPS) is 12.7. The van der Waals surface area contributed by atoms with Gasteiger partial charge in [-0.1, -0.05) is 15.9 Å². The van der Waals surface area contributed by atoms with Crippen LogP contribution >= 0.6 is 31.9 Å². The standard InChI is InChI=1S/C13H12Br2FNO/c1-17-12(11-2-3-18-13(11)15)6-8-4-9(14)7-10(16)5-8/h2-5,7,12,17H,6H2,1H3. The Kier molecular flexibility index (Phi) is 4.59. The Bertz CT molecular complexity index is 521. The van der Waals surface area contributed by atoms with Gasteiger partial charge in [-0.25, -0.2) is 4.39 Å². The summed E-state index contributed by atoms with van der Waals surface area (Å²) in [4.78, 5) is 0. The molecule has 0 amide bonds. The number of nitrogens with one attached hydrogen (secondary N) is 1. The summed E-state index contributed by atoms with van der Waals surface area (Å²) in [6.45, 7) is 0. The van der Waals surface area contributed by atoms with E-state index in [0.29, 0.717) is 11.1 Å². The number of likely N-dealkylation sites (N-methyl/N-ethyl adjacent to an activating group) is 1. The maximum atomic E-state index is 13.3. The number of benzene rings is 1. The Morgan fingerprint density at radius 2 is 2.11 bits per heavy atom. The van der Waals surface area contributed by atoms with Crippen LogP contribution in [0.5, 0.6) is 0 Å². The van der Waals surface area contributed by atoms with E-state index in [0.717, 1.165) is 15.6 Å². The van der Waals surface area contributed by atoms with Crippen LogP contribution in [0.3, 0.4) is 0 Å². The summed E-state index contributed by atoms with van der Waals surface area (Å²) in [5, 5.41) is 3.20. The minimum Gasteiger partial charge on any atom is -0.457 e. The highest BCUT2D eigenvalue weighted by atomic mass is 79.9. The number of halogens is 3. The highest BCUT2D eigenvalue weighted by Crippen LogP contribution is 2.28. The lowest BCUT2D eigenvalue weighted by Crippen LogP contribution is -2.18. The smallest absolute Gasteiger partial charge is 0.173 e. The molecule has 0 saturated carbocycles. The van der Waals surface area contributed by atoms with Crippen LogP contribution in [0, 0.1) is 5.82 Å². The Hall–Kier alpha value is -0.650. The summed E-state index contributed by atoms with van der Waals surface area (Å²) in [5.74, 6) is -0.236. The minimum absolute atomic E-state index is 0.0758. The lowest BCUT2D eigenvalue weighted by atomic mass is 10.0. The molecule has 1 unspecified atom stereocenters. The van der Waals surface area contributed by atoms with Crippen LogP contribution in [0.25, 0.3) is 0 Å². The first-order valence-corrected chi connectivity index (χ1v) is 7.04. The first-order valence-electron chi connectivity index (χ1n) is 5.45. The third-order valence-corrected chi connectivity index (χ3v) is 3.83. The van der Waals surface area contributed by atoms with Gasteiger partial charge in [0.15, 0.2) is 4.67 Å². The molecule has 1 aromatic carbocycles. The zero-order chi connectivity index (χ0) is 13.1. The van der Waals surface area contributed by atoms with Crippen LogP contribution in [-0.2, 0) is 6.42 Å². The van der Waals surface area contributed by atoms with Gasteiger partial charge in [-0.15, -0.1) is 0 Å². The van der Waals surface area contributed by atoms with Crippen molar-refractivity contribution in [2.24, 2.45) is 0 Å². The fourth-order valence-electron chi connectivity index (χ4n) is 1.89. The summed E-state index contributed by atoms with van der Waals surface area (Å²) >= 11 is 6.66. The molecular weight excluding hydrogens is 365 g/mol. The Balaban J connectivity index is 2.23. The molecule has 2 nitrogen and oxygen atoms in total. The number of furan rings is 1. The summed E-state index contributed by atoms with van der Waals surface area (Å²) in [5.41, 5.74) is 1.95. The van der Waals surface area contributed by atoms with Crippen molar-refractivity contribution in [3.63, 3.8) is 0 Å². The number of hydrogen-bond acceptors (Lipinski definition) is 2. The SMILES string of the molecule is CNC(Cc1cc(F)cc(Br)c1)c1ccoc1Br. The van der Waals surface area contributed by atoms with E-state index in [1.165, 1.54) is 6.07 Å². The van der Waals surface area contributed by atoms with E-state index >= 15 is 0 Å². The van der Waals surface area contributed by atoms with E-state index in [9.17, 15) is 4.39 Å². The molecular formula is C13H12Br2FNO. The minimum atomic E-state index is -0.236. The number of hydrogen-bond donors (Lipinski definition) is 1. The van der Waals surface area contributed by atoms with Gasteiger partial charge in [0, 0.05) is 16.1 Å². The highest BCUT2D eigenvalue weighted by molar-refractivity contribution is 9.10. The Morgan fingerprint density at radius 1 is 1.33 bits per heavy atom. The predicted molar refractivity (Wildman–Crippen MR) is 76.0 cm³/mol. The van der Waals surface area contributed by atoms with Crippen LogP contribution in [-0.4, -0.2) is 7.05 Å². The molecule has 2 aromatic rings. The largest absolute Gasteiger partial charge is 0.457 e. The molecule has 0 aliphatic heterocycles. The second-order valence-electron chi connectivity index (χ2n) is 3.97. The van der Waals surface area contributed by atoms with E-state index in [-0.39, 0.29) is 11.9 Å². The van der Waals surface area contributed by atoms with Crippen molar-refractivity contribution < 1.29 is 8.81 Å². The van der Waals surface area contributed by atoms with Gasteiger partial charge in [-0.2, -0.15) is 0 Å². The molecule has 0 radical (unpaired) electrons. The maximum Gasteiger partial charge on any atom is 0.173 e. The fourth-order valence-corrected chi connectivity index (χ4v) is 2.91. The second-order valence-corrected chi connectivity index (χ2v) is 5.61. The van der Waals surface area contributed by atoms with Crippen LogP contribution in [0.2, 0.25) is 0 Å². The topological polar surface area (TPSA) is 25.2 Å². The lowest BCUT2D eigenvalue weighted by Gasteiger charge is -2.15. The van der Waals surface area contributed by atoms with E-state index < -0.39 is 0 Å². The first kappa shape index (κ1) is 13.8. The Labute approximate surface area is 122 Å². The second kappa shape index (κ2) is 5.99. The molecule has 18 heavy (non-hydrogen) atoms. The summed E-state index contributed by atoms with van der Waals surface area (Å²) in [7, 11) is 1.87. The molecule has 1 atom stereocenters. The molecule has 0 aliphatic carbocycles. The average molecular weight is 377 g/mol. The van der Waals surface area contributed by atoms with Crippen molar-refractivity contribution in [2.75, 3.05) is 7.05 Å². The molecule has 0 bridgehead atoms. The molecule has 0 spiro atoms. The monoisotopic (exact) mass is 375 g/mol. The third kappa shape index (κ3) is 3.22. The highest BCUT2D eigenvalue weighted by Gasteiger charge is 2.16. The van der Waals surface area contributed by atoms with Gasteiger partial charge in [0.25, 0.3) is 0 Å². The molecule has 5 heteroatoms. The van der Waals surface area contributed by atoms with Crippen molar-refractivity contribution in [3.8, 4) is 0 Å². The van der Waals surface area contributed by atoms with Gasteiger partial charge < -0.3 is 9.73 Å². The van der Waals surface area contributed by atoms with Crippen molar-refractivity contribution in [3.05, 3.63) is 56.6 Å². The van der Waals surface area contributed by atoms with Gasteiger partial charge in [0.2, 0.25) is 0 Å². The molecule has 2 rings (SSSR count). The van der Waals surface area contributed by atoms with Crippen molar-refractivity contribution >= 4 is 31.9 Å². The summed E-state index contributed by atoms with van der Waals surface area (Å²) < 4.78 is 20.0. The summed E-state index contributed by atoms with van der Waals surface area (Å²) in [6, 6.07) is 6.89. The van der Waals surface area contributed by atoms with E-state index in [1.54, 1.807) is 12.3 Å². The fraction of sp³-hybridized carbons (Fsp3) is 0.231. The molecule has 1 N–H and O–H groups in total. The molecule has 96 valence electrons. The first-order chi connectivity index (χ1) is 8.60. The predicted octanol–water partition coefficient (Wildman–Crippen LogP) is 4.45. The zero-order valence-corrected chi connectivity index (χ0v) is 12.9. The number of rotatable bonds is 4. The third-order valence-electron chi connectivity index (χ3n) is 2.73. The van der Waals surface area contributed by atoms with E-state index in [4.69, 9.17) is 4.42 Å². The van der Waals surface area contributed by atoms with Crippen LogP contribution in [0.4, 0.5) is 4.39 Å². The lowest BCUT2D eigenvalue weighted by molar-refractivity contribution is 0.517. The maximum absolute atomic E-state index is 13.3. The molecule has 0 aliphatic rings. The van der Waals surface area contributed by atoms with Crippen LogP contribution in [0.1, 0.15) is 17.2 Å². The van der Waals surface area contributed by atoms with Gasteiger partial charge in [-0.05, 0) is 59.2 Å². The van der Waals surface area contributed by atoms with Gasteiger partial charge >= 0.3 is 0 Å². The van der Waals surface area contributed by atoms with Gasteiger partial charge in [-0.3, -0.25) is 0 Å². The molecule has 1 aromatic heterocycles. The van der Waals surface area contributed by atoms with Crippen LogP contribution in [0.15, 0.2) is 44.1 Å². The molecule has 0 saturated heterocycles. The quantitative estimate of drug-likeness (QED) is 0.852. The van der Waals surface area contributed by atoms with Crippen molar-refractivity contribution in [1.29, 1.82) is 0 Å². The average Bonchev–Trinajstić information content (AvgIpc) is 2.71. The van der Waals surface area contributed by atoms with Crippen molar-refractivity contribution in [1.82, 2.24) is 5.32 Å².